The molecule has 0 radical (unpaired) electrons. The zero-order chi connectivity index (χ0) is 18.4. The van der Waals surface area contributed by atoms with Crippen LogP contribution in [-0.2, 0) is 25.7 Å². The molecule has 0 aliphatic carbocycles. The Hall–Kier alpha value is -2.66. The molecule has 0 saturated carbocycles. The summed E-state index contributed by atoms with van der Waals surface area (Å²) in [6.45, 7) is 2.85. The maximum atomic E-state index is 12.7. The molecule has 1 N–H and O–H groups in total. The molecule has 26 heavy (non-hydrogen) atoms. The molecule has 1 aliphatic rings. The van der Waals surface area contributed by atoms with E-state index in [1.165, 1.54) is 0 Å². The first-order valence-electron chi connectivity index (χ1n) is 8.84. The van der Waals surface area contributed by atoms with Crippen molar-refractivity contribution in [2.24, 2.45) is 0 Å². The molecule has 0 bridgehead atoms. The topological polar surface area (TPSA) is 64.6 Å². The number of hydrogen-bond donors (Lipinski definition) is 1. The third-order valence-electron chi connectivity index (χ3n) is 4.36. The van der Waals surface area contributed by atoms with Crippen LogP contribution in [0.5, 0.6) is 0 Å². The summed E-state index contributed by atoms with van der Waals surface area (Å²) in [7, 11) is 0. The fourth-order valence-electron chi connectivity index (χ4n) is 2.97. The summed E-state index contributed by atoms with van der Waals surface area (Å²) in [5, 5.41) is 3.09. The number of rotatable bonds is 6. The number of hydrogen-bond acceptors (Lipinski definition) is 5. The predicted molar refractivity (Wildman–Crippen MR) is 97.3 cm³/mol. The maximum absolute atomic E-state index is 12.7. The molecule has 136 valence electrons. The minimum atomic E-state index is -1.06. The molecule has 2 aromatic rings. The highest BCUT2D eigenvalue weighted by atomic mass is 16.6. The third-order valence-corrected chi connectivity index (χ3v) is 4.36. The zero-order valence-corrected chi connectivity index (χ0v) is 14.8. The molecule has 1 aliphatic heterocycles. The van der Waals surface area contributed by atoms with E-state index in [2.05, 4.69) is 5.32 Å². The average molecular weight is 353 g/mol. The van der Waals surface area contributed by atoms with Gasteiger partial charge in [-0.15, -0.1) is 0 Å². The van der Waals surface area contributed by atoms with Crippen LogP contribution in [0, 0.1) is 6.92 Å². The van der Waals surface area contributed by atoms with Crippen molar-refractivity contribution < 1.29 is 19.1 Å². The Morgan fingerprint density at radius 2 is 1.96 bits per heavy atom. The molecule has 1 fully saturated rings. The molecule has 5 nitrogen and oxygen atoms in total. The lowest BCUT2D eigenvalue weighted by Crippen LogP contribution is -2.35. The molecule has 1 saturated heterocycles. The van der Waals surface area contributed by atoms with Crippen LogP contribution in [0.2, 0.25) is 0 Å². The number of ether oxygens (including phenoxy) is 2. The minimum Gasteiger partial charge on any atom is -0.458 e. The molecule has 1 heterocycles. The van der Waals surface area contributed by atoms with Gasteiger partial charge in [0, 0.05) is 5.56 Å². The summed E-state index contributed by atoms with van der Waals surface area (Å²) in [5.41, 5.74) is 2.49. The van der Waals surface area contributed by atoms with Crippen LogP contribution in [0.25, 0.3) is 0 Å². The molecule has 0 amide bonds. The first-order valence-corrected chi connectivity index (χ1v) is 8.84. The SMILES string of the molecule is Cc1cccc(C(OC(=O)C2CCCN2)C(=O)OCc2ccccc2)c1. The summed E-state index contributed by atoms with van der Waals surface area (Å²) in [4.78, 5) is 25.1. The standard InChI is InChI=1S/C21H23NO4/c1-15-7-5-10-17(13-15)19(26-20(23)18-11-6-12-22-18)21(24)25-14-16-8-3-2-4-9-16/h2-5,7-10,13,18-19,22H,6,11-12,14H2,1H3. The van der Waals surface area contributed by atoms with Crippen molar-refractivity contribution in [1.82, 2.24) is 5.32 Å². The van der Waals surface area contributed by atoms with Crippen molar-refractivity contribution in [2.75, 3.05) is 6.54 Å². The number of carbonyl (C=O) groups excluding carboxylic acids is 2. The van der Waals surface area contributed by atoms with Gasteiger partial charge in [0.1, 0.15) is 12.6 Å². The van der Waals surface area contributed by atoms with E-state index in [9.17, 15) is 9.59 Å². The van der Waals surface area contributed by atoms with Crippen LogP contribution in [-0.4, -0.2) is 24.5 Å². The van der Waals surface area contributed by atoms with Gasteiger partial charge in [0.05, 0.1) is 0 Å². The van der Waals surface area contributed by atoms with Crippen molar-refractivity contribution in [3.05, 3.63) is 71.3 Å². The molecule has 0 spiro atoms. The number of benzene rings is 2. The van der Waals surface area contributed by atoms with Gasteiger partial charge in [0.25, 0.3) is 0 Å². The van der Waals surface area contributed by atoms with Gasteiger partial charge in [-0.3, -0.25) is 4.79 Å². The summed E-state index contributed by atoms with van der Waals surface area (Å²) < 4.78 is 11.0. The molecule has 2 atom stereocenters. The summed E-state index contributed by atoms with van der Waals surface area (Å²) in [6, 6.07) is 16.4. The lowest BCUT2D eigenvalue weighted by Gasteiger charge is -2.20. The van der Waals surface area contributed by atoms with Gasteiger partial charge in [-0.05, 0) is 31.9 Å². The van der Waals surface area contributed by atoms with Gasteiger partial charge in [-0.2, -0.15) is 0 Å². The lowest BCUT2D eigenvalue weighted by molar-refractivity contribution is -0.170. The van der Waals surface area contributed by atoms with Crippen molar-refractivity contribution in [3.63, 3.8) is 0 Å². The molecule has 2 unspecified atom stereocenters. The second-order valence-corrected chi connectivity index (χ2v) is 6.47. The van der Waals surface area contributed by atoms with Gasteiger partial charge < -0.3 is 14.8 Å². The fourth-order valence-corrected chi connectivity index (χ4v) is 2.97. The number of aryl methyl sites for hydroxylation is 1. The van der Waals surface area contributed by atoms with E-state index in [1.807, 2.05) is 55.5 Å². The fraction of sp³-hybridized carbons (Fsp3) is 0.333. The first kappa shape index (κ1) is 18.1. The Bertz CT molecular complexity index is 754. The predicted octanol–water partition coefficient (Wildman–Crippen LogP) is 3.07. The van der Waals surface area contributed by atoms with E-state index in [-0.39, 0.29) is 12.6 Å². The quantitative estimate of drug-likeness (QED) is 0.809. The molecule has 0 aromatic heterocycles. The Labute approximate surface area is 153 Å². The van der Waals surface area contributed by atoms with Crippen LogP contribution < -0.4 is 5.32 Å². The summed E-state index contributed by atoms with van der Waals surface area (Å²) in [5.74, 6) is -0.975. The van der Waals surface area contributed by atoms with E-state index < -0.39 is 18.0 Å². The van der Waals surface area contributed by atoms with Crippen LogP contribution in [0.3, 0.4) is 0 Å². The number of nitrogens with one attached hydrogen (secondary N) is 1. The van der Waals surface area contributed by atoms with Gasteiger partial charge >= 0.3 is 11.9 Å². The maximum Gasteiger partial charge on any atom is 0.352 e. The summed E-state index contributed by atoms with van der Waals surface area (Å²) >= 11 is 0. The Kier molecular flexibility index (Phi) is 6.02. The van der Waals surface area contributed by atoms with Crippen molar-refractivity contribution in [1.29, 1.82) is 0 Å². The second kappa shape index (κ2) is 8.63. The van der Waals surface area contributed by atoms with Crippen molar-refractivity contribution in [2.45, 2.75) is 38.5 Å². The number of esters is 2. The van der Waals surface area contributed by atoms with E-state index in [0.29, 0.717) is 5.56 Å². The summed E-state index contributed by atoms with van der Waals surface area (Å²) in [6.07, 6.45) is 0.583. The van der Waals surface area contributed by atoms with Crippen molar-refractivity contribution in [3.8, 4) is 0 Å². The smallest absolute Gasteiger partial charge is 0.352 e. The molecule has 2 aromatic carbocycles. The third kappa shape index (κ3) is 4.70. The second-order valence-electron chi connectivity index (χ2n) is 6.47. The van der Waals surface area contributed by atoms with E-state index in [0.717, 1.165) is 30.5 Å². The highest BCUT2D eigenvalue weighted by Crippen LogP contribution is 2.23. The zero-order valence-electron chi connectivity index (χ0n) is 14.8. The van der Waals surface area contributed by atoms with Gasteiger partial charge in [-0.25, -0.2) is 4.79 Å². The van der Waals surface area contributed by atoms with Gasteiger partial charge in [0.2, 0.25) is 6.10 Å². The largest absolute Gasteiger partial charge is 0.458 e. The van der Waals surface area contributed by atoms with Crippen LogP contribution in [0.1, 0.15) is 35.6 Å². The molecule has 3 rings (SSSR count). The van der Waals surface area contributed by atoms with Crippen LogP contribution >= 0.6 is 0 Å². The Morgan fingerprint density at radius 1 is 1.15 bits per heavy atom. The number of carbonyl (C=O) groups is 2. The van der Waals surface area contributed by atoms with Gasteiger partial charge in [0.15, 0.2) is 0 Å². The highest BCUT2D eigenvalue weighted by Gasteiger charge is 2.31. The minimum absolute atomic E-state index is 0.140. The van der Waals surface area contributed by atoms with E-state index in [4.69, 9.17) is 9.47 Å². The van der Waals surface area contributed by atoms with E-state index >= 15 is 0 Å². The van der Waals surface area contributed by atoms with Crippen LogP contribution in [0.15, 0.2) is 54.6 Å². The highest BCUT2D eigenvalue weighted by molar-refractivity contribution is 5.83. The Morgan fingerprint density at radius 3 is 2.65 bits per heavy atom. The normalized spacial score (nSPS) is 17.5. The van der Waals surface area contributed by atoms with Gasteiger partial charge in [-0.1, -0.05) is 60.2 Å². The van der Waals surface area contributed by atoms with Crippen LogP contribution in [0.4, 0.5) is 0 Å². The first-order chi connectivity index (χ1) is 12.6. The molecular weight excluding hydrogens is 330 g/mol. The van der Waals surface area contributed by atoms with E-state index in [1.54, 1.807) is 6.07 Å². The molecule has 5 heteroatoms. The molecular formula is C21H23NO4. The Balaban J connectivity index is 1.73. The average Bonchev–Trinajstić information content (AvgIpc) is 3.20. The lowest BCUT2D eigenvalue weighted by atomic mass is 10.1. The van der Waals surface area contributed by atoms with Crippen molar-refractivity contribution >= 4 is 11.9 Å². The monoisotopic (exact) mass is 353 g/mol.